The minimum absolute atomic E-state index is 0.0762. The van der Waals surface area contributed by atoms with Crippen molar-refractivity contribution >= 4 is 34.8 Å². The van der Waals surface area contributed by atoms with Crippen molar-refractivity contribution in [2.75, 3.05) is 6.54 Å². The summed E-state index contributed by atoms with van der Waals surface area (Å²) in [6, 6.07) is 6.79. The van der Waals surface area contributed by atoms with Crippen molar-refractivity contribution in [1.82, 2.24) is 4.68 Å². The van der Waals surface area contributed by atoms with E-state index in [1.165, 1.54) is 17.4 Å². The molecule has 0 unspecified atom stereocenters. The van der Waals surface area contributed by atoms with Crippen LogP contribution in [0.2, 0.25) is 0 Å². The average Bonchev–Trinajstić information content (AvgIpc) is 3.20. The first-order valence-corrected chi connectivity index (χ1v) is 9.70. The molecule has 0 aliphatic carbocycles. The molecule has 0 atom stereocenters. The van der Waals surface area contributed by atoms with E-state index in [4.69, 9.17) is 5.73 Å². The van der Waals surface area contributed by atoms with E-state index in [1.807, 2.05) is 30.7 Å². The molecule has 0 bridgehead atoms. The summed E-state index contributed by atoms with van der Waals surface area (Å²) in [5.41, 5.74) is 8.08. The number of hydrogen-bond acceptors (Lipinski definition) is 6. The van der Waals surface area contributed by atoms with Crippen molar-refractivity contribution in [3.63, 3.8) is 0 Å². The summed E-state index contributed by atoms with van der Waals surface area (Å²) >= 11 is 3.08. The number of aryl methyl sites for hydroxylation is 1. The van der Waals surface area contributed by atoms with Gasteiger partial charge in [0.2, 0.25) is 4.80 Å². The van der Waals surface area contributed by atoms with Gasteiger partial charge in [-0.15, -0.1) is 22.7 Å². The van der Waals surface area contributed by atoms with Crippen LogP contribution in [0.15, 0.2) is 45.1 Å². The highest BCUT2D eigenvalue weighted by atomic mass is 32.1. The molecule has 0 saturated carbocycles. The zero-order valence-corrected chi connectivity index (χ0v) is 16.0. The first-order valence-electron chi connectivity index (χ1n) is 7.94. The molecule has 0 aliphatic rings. The minimum Gasteiger partial charge on any atom is -0.507 e. The Kier molecular flexibility index (Phi) is 5.34. The van der Waals surface area contributed by atoms with E-state index in [0.29, 0.717) is 6.54 Å². The largest absolute Gasteiger partial charge is 0.507 e. The topological polar surface area (TPSA) is 93.0 Å². The van der Waals surface area contributed by atoms with Crippen LogP contribution in [-0.4, -0.2) is 28.4 Å². The van der Waals surface area contributed by atoms with Crippen LogP contribution in [0.3, 0.4) is 0 Å². The number of carbonyl (C=O) groups excluding carboxylic acids is 1. The molecule has 0 fully saturated rings. The molecule has 0 spiro atoms. The number of hydrogen-bond donors (Lipinski definition) is 2. The van der Waals surface area contributed by atoms with Gasteiger partial charge in [0, 0.05) is 17.5 Å². The quantitative estimate of drug-likeness (QED) is 0.659. The standard InChI is InChI=1S/C18H18N4O2S2/c1-3-20-18-22(21-9-16-11(2)6-7-25-16)14(10-26-18)12-4-5-15(23)13(8-12)17(19)24/h4-10,23H,3H2,1-2H3,(H2,19,24). The molecule has 134 valence electrons. The number of thiophene rings is 1. The number of benzene rings is 1. The van der Waals surface area contributed by atoms with E-state index in [2.05, 4.69) is 10.1 Å². The molecule has 2 aromatic heterocycles. The van der Waals surface area contributed by atoms with Crippen LogP contribution in [0.4, 0.5) is 0 Å². The molecule has 0 saturated heterocycles. The van der Waals surface area contributed by atoms with Gasteiger partial charge >= 0.3 is 0 Å². The smallest absolute Gasteiger partial charge is 0.252 e. The van der Waals surface area contributed by atoms with Gasteiger partial charge < -0.3 is 10.8 Å². The third-order valence-electron chi connectivity index (χ3n) is 3.73. The number of rotatable bonds is 5. The Morgan fingerprint density at radius 1 is 1.35 bits per heavy atom. The molecule has 3 aromatic rings. The number of aromatic nitrogens is 1. The molecule has 2 heterocycles. The van der Waals surface area contributed by atoms with Gasteiger partial charge in [0.05, 0.1) is 22.3 Å². The summed E-state index contributed by atoms with van der Waals surface area (Å²) < 4.78 is 1.74. The van der Waals surface area contributed by atoms with Crippen LogP contribution in [-0.2, 0) is 0 Å². The first-order chi connectivity index (χ1) is 12.5. The lowest BCUT2D eigenvalue weighted by Gasteiger charge is -2.06. The normalized spacial score (nSPS) is 12.2. The van der Waals surface area contributed by atoms with E-state index >= 15 is 0 Å². The van der Waals surface area contributed by atoms with Crippen LogP contribution < -0.4 is 10.5 Å². The summed E-state index contributed by atoms with van der Waals surface area (Å²) in [6.07, 6.45) is 1.81. The molecule has 3 rings (SSSR count). The van der Waals surface area contributed by atoms with Gasteiger partial charge in [-0.05, 0) is 49.1 Å². The van der Waals surface area contributed by atoms with E-state index in [9.17, 15) is 9.90 Å². The monoisotopic (exact) mass is 386 g/mol. The second kappa shape index (κ2) is 7.67. The fourth-order valence-corrected chi connectivity index (χ4v) is 4.06. The zero-order chi connectivity index (χ0) is 18.7. The predicted molar refractivity (Wildman–Crippen MR) is 106 cm³/mol. The SMILES string of the molecule is CCN=c1scc(-c2ccc(O)c(C(N)=O)c2)n1N=Cc1sccc1C. The zero-order valence-electron chi connectivity index (χ0n) is 14.3. The van der Waals surface area contributed by atoms with Gasteiger partial charge in [0.15, 0.2) is 0 Å². The summed E-state index contributed by atoms with van der Waals surface area (Å²) in [5, 5.41) is 18.4. The van der Waals surface area contributed by atoms with Crippen LogP contribution >= 0.6 is 22.7 Å². The van der Waals surface area contributed by atoms with Crippen molar-refractivity contribution < 1.29 is 9.90 Å². The minimum atomic E-state index is -0.678. The number of nitrogens with two attached hydrogens (primary N) is 1. The maximum Gasteiger partial charge on any atom is 0.252 e. The highest BCUT2D eigenvalue weighted by molar-refractivity contribution is 7.11. The Morgan fingerprint density at radius 2 is 2.15 bits per heavy atom. The third kappa shape index (κ3) is 3.61. The van der Waals surface area contributed by atoms with E-state index < -0.39 is 5.91 Å². The first kappa shape index (κ1) is 18.1. The molecular weight excluding hydrogens is 368 g/mol. The number of primary amides is 1. The Balaban J connectivity index is 2.13. The number of phenols is 1. The van der Waals surface area contributed by atoms with Gasteiger partial charge in [0.25, 0.3) is 5.91 Å². The number of nitrogens with zero attached hydrogens (tertiary/aromatic N) is 3. The highest BCUT2D eigenvalue weighted by Gasteiger charge is 2.13. The van der Waals surface area contributed by atoms with Gasteiger partial charge in [0.1, 0.15) is 5.75 Å². The Bertz CT molecular complexity index is 1040. The fourth-order valence-electron chi connectivity index (χ4n) is 2.37. The van der Waals surface area contributed by atoms with Crippen molar-refractivity contribution in [3.8, 4) is 17.0 Å². The van der Waals surface area contributed by atoms with Gasteiger partial charge in [-0.3, -0.25) is 9.79 Å². The van der Waals surface area contributed by atoms with Crippen molar-refractivity contribution in [2.24, 2.45) is 15.8 Å². The predicted octanol–water partition coefficient (Wildman–Crippen LogP) is 3.19. The van der Waals surface area contributed by atoms with Crippen LogP contribution in [0, 0.1) is 6.92 Å². The number of amides is 1. The van der Waals surface area contributed by atoms with Crippen molar-refractivity contribution in [1.29, 1.82) is 0 Å². The number of carbonyl (C=O) groups is 1. The lowest BCUT2D eigenvalue weighted by atomic mass is 10.1. The second-order valence-electron chi connectivity index (χ2n) is 5.50. The molecular formula is C18H18N4O2S2. The molecule has 1 aromatic carbocycles. The number of aromatic hydroxyl groups is 1. The Labute approximate surface area is 158 Å². The molecule has 0 aliphatic heterocycles. The molecule has 26 heavy (non-hydrogen) atoms. The highest BCUT2D eigenvalue weighted by Crippen LogP contribution is 2.26. The Morgan fingerprint density at radius 3 is 2.81 bits per heavy atom. The maximum atomic E-state index is 11.5. The molecule has 8 heteroatoms. The fraction of sp³-hybridized carbons (Fsp3) is 0.167. The van der Waals surface area contributed by atoms with Crippen LogP contribution in [0.25, 0.3) is 11.3 Å². The summed E-state index contributed by atoms with van der Waals surface area (Å²) in [5.74, 6) is -0.818. The van der Waals surface area contributed by atoms with Crippen molar-refractivity contribution in [3.05, 3.63) is 55.8 Å². The van der Waals surface area contributed by atoms with E-state index in [1.54, 1.807) is 34.4 Å². The lowest BCUT2D eigenvalue weighted by Crippen LogP contribution is -2.13. The van der Waals surface area contributed by atoms with E-state index in [0.717, 1.165) is 26.5 Å². The maximum absolute atomic E-state index is 11.5. The van der Waals surface area contributed by atoms with Gasteiger partial charge in [-0.1, -0.05) is 0 Å². The molecule has 0 radical (unpaired) electrons. The van der Waals surface area contributed by atoms with Crippen molar-refractivity contribution in [2.45, 2.75) is 13.8 Å². The van der Waals surface area contributed by atoms with Gasteiger partial charge in [-0.2, -0.15) is 5.10 Å². The summed E-state index contributed by atoms with van der Waals surface area (Å²) in [6.45, 7) is 4.63. The average molecular weight is 387 g/mol. The number of thiazole rings is 1. The lowest BCUT2D eigenvalue weighted by molar-refractivity contribution is 0.0998. The summed E-state index contributed by atoms with van der Waals surface area (Å²) in [4.78, 5) is 17.8. The van der Waals surface area contributed by atoms with E-state index in [-0.39, 0.29) is 11.3 Å². The Hall–Kier alpha value is -2.71. The van der Waals surface area contributed by atoms with Crippen LogP contribution in [0.5, 0.6) is 5.75 Å². The van der Waals surface area contributed by atoms with Crippen LogP contribution in [0.1, 0.15) is 27.7 Å². The van der Waals surface area contributed by atoms with Gasteiger partial charge in [-0.25, -0.2) is 4.68 Å². The molecule has 6 nitrogen and oxygen atoms in total. The summed E-state index contributed by atoms with van der Waals surface area (Å²) in [7, 11) is 0. The second-order valence-corrected chi connectivity index (χ2v) is 7.28. The molecule has 3 N–H and O–H groups in total. The third-order valence-corrected chi connectivity index (χ3v) is 5.54. The molecule has 1 amide bonds.